The first-order valence-electron chi connectivity index (χ1n) is 37.2. The molecule has 0 aliphatic carbocycles. The minimum absolute atomic E-state index is 0.343. The van der Waals surface area contributed by atoms with Crippen molar-refractivity contribution in [1.29, 1.82) is 0 Å². The molecule has 492 valence electrons. The zero-order valence-electron chi connectivity index (χ0n) is 56.2. The van der Waals surface area contributed by atoms with Crippen LogP contribution in [0.25, 0.3) is 0 Å². The van der Waals surface area contributed by atoms with Crippen LogP contribution in [0, 0.1) is 0 Å². The maximum atomic E-state index is 11.6. The van der Waals surface area contributed by atoms with Gasteiger partial charge in [0, 0.05) is 98.2 Å². The van der Waals surface area contributed by atoms with E-state index < -0.39 is 0 Å². The number of aliphatic hydroxyl groups is 5. The molecule has 5 atom stereocenters. The van der Waals surface area contributed by atoms with Crippen molar-refractivity contribution in [2.24, 2.45) is 0 Å². The van der Waals surface area contributed by atoms with Gasteiger partial charge in [0.05, 0.1) is 30.5 Å². The summed E-state index contributed by atoms with van der Waals surface area (Å²) in [6.07, 6.45) is 56.1. The van der Waals surface area contributed by atoms with Crippen LogP contribution >= 0.6 is 0 Å². The molecule has 0 saturated carbocycles. The van der Waals surface area contributed by atoms with Crippen molar-refractivity contribution in [1.82, 2.24) is 24.5 Å². The molecule has 0 aromatic heterocycles. The van der Waals surface area contributed by atoms with Crippen molar-refractivity contribution in [3.05, 3.63) is 0 Å². The highest BCUT2D eigenvalue weighted by atomic mass is 16.3. The summed E-state index contributed by atoms with van der Waals surface area (Å²) < 4.78 is 0. The quantitative estimate of drug-likeness (QED) is 0.0377. The van der Waals surface area contributed by atoms with E-state index in [1.165, 1.54) is 238 Å². The summed E-state index contributed by atoms with van der Waals surface area (Å²) in [5.74, 6) is 0. The van der Waals surface area contributed by atoms with Crippen LogP contribution in [-0.4, -0.2) is 179 Å². The SMILES string of the molecule is CCCCCCCCCCCCC(O)CN(CCN1CCN(CCN(CCN(CC(O)CCCCCCCCCC)CC(O)CCCCCCCCCC)CC(O)CCCCCCCCCC)CC1)CC(O)CCCCCCCCCC. The molecule has 1 aliphatic rings. The molecule has 0 amide bonds. The van der Waals surface area contributed by atoms with E-state index in [4.69, 9.17) is 0 Å². The summed E-state index contributed by atoms with van der Waals surface area (Å²) in [4.78, 5) is 12.5. The van der Waals surface area contributed by atoms with Gasteiger partial charge in [-0.15, -0.1) is 0 Å². The smallest absolute Gasteiger partial charge is 0.0667 e. The third kappa shape index (κ3) is 52.7. The predicted octanol–water partition coefficient (Wildman–Crippen LogP) is 16.7. The molecular weight excluding hydrogens is 1010 g/mol. The van der Waals surface area contributed by atoms with Crippen molar-refractivity contribution in [2.75, 3.05) is 98.2 Å². The molecule has 5 N–H and O–H groups in total. The molecule has 0 spiro atoms. The van der Waals surface area contributed by atoms with Gasteiger partial charge in [-0.2, -0.15) is 0 Å². The number of nitrogens with zero attached hydrogens (tertiary/aromatic N) is 5. The average Bonchev–Trinajstić information content (AvgIpc) is 3.47. The molecule has 0 aromatic carbocycles. The van der Waals surface area contributed by atoms with Crippen molar-refractivity contribution < 1.29 is 25.5 Å². The maximum Gasteiger partial charge on any atom is 0.0667 e. The molecule has 1 aliphatic heterocycles. The highest BCUT2D eigenvalue weighted by molar-refractivity contribution is 4.79. The van der Waals surface area contributed by atoms with Crippen molar-refractivity contribution in [3.63, 3.8) is 0 Å². The Morgan fingerprint density at radius 2 is 0.402 bits per heavy atom. The van der Waals surface area contributed by atoms with Crippen LogP contribution in [0.2, 0.25) is 0 Å². The average molecular weight is 1170 g/mol. The van der Waals surface area contributed by atoms with E-state index >= 15 is 0 Å². The first-order chi connectivity index (χ1) is 40.1. The minimum Gasteiger partial charge on any atom is -0.392 e. The molecule has 0 bridgehead atoms. The second-order valence-corrected chi connectivity index (χ2v) is 26.8. The fraction of sp³-hybridized carbons (Fsp3) is 1.00. The van der Waals surface area contributed by atoms with Crippen molar-refractivity contribution in [2.45, 2.75) is 367 Å². The Hall–Kier alpha value is -0.400. The Balaban J connectivity index is 2.94. The van der Waals surface area contributed by atoms with Gasteiger partial charge in [-0.25, -0.2) is 0 Å². The highest BCUT2D eigenvalue weighted by Crippen LogP contribution is 2.18. The molecule has 1 heterocycles. The van der Waals surface area contributed by atoms with E-state index in [0.717, 1.165) is 130 Å². The van der Waals surface area contributed by atoms with Gasteiger partial charge in [-0.1, -0.05) is 304 Å². The fourth-order valence-electron chi connectivity index (χ4n) is 12.8. The third-order valence-electron chi connectivity index (χ3n) is 18.5. The number of aliphatic hydroxyl groups excluding tert-OH is 5. The van der Waals surface area contributed by atoms with Crippen LogP contribution in [0.4, 0.5) is 0 Å². The first kappa shape index (κ1) is 79.6. The lowest BCUT2D eigenvalue weighted by Gasteiger charge is -2.37. The number of piperazine rings is 1. The van der Waals surface area contributed by atoms with E-state index in [1.807, 2.05) is 0 Å². The van der Waals surface area contributed by atoms with E-state index in [1.54, 1.807) is 0 Å². The van der Waals surface area contributed by atoms with Crippen LogP contribution in [0.1, 0.15) is 336 Å². The number of unbranched alkanes of at least 4 members (excludes halogenated alkanes) is 37. The first-order valence-corrected chi connectivity index (χ1v) is 37.2. The Bertz CT molecular complexity index is 1220. The van der Waals surface area contributed by atoms with E-state index in [-0.39, 0.29) is 30.5 Å². The van der Waals surface area contributed by atoms with Gasteiger partial charge in [0.2, 0.25) is 0 Å². The molecule has 10 nitrogen and oxygen atoms in total. The molecule has 82 heavy (non-hydrogen) atoms. The van der Waals surface area contributed by atoms with Gasteiger partial charge >= 0.3 is 0 Å². The molecule has 5 unspecified atom stereocenters. The number of hydrogen-bond acceptors (Lipinski definition) is 10. The lowest BCUT2D eigenvalue weighted by atomic mass is 10.0. The maximum absolute atomic E-state index is 11.6. The van der Waals surface area contributed by atoms with Crippen molar-refractivity contribution >= 4 is 0 Å². The number of hydrogen-bond donors (Lipinski definition) is 5. The Morgan fingerprint density at radius 3 is 0.634 bits per heavy atom. The lowest BCUT2D eigenvalue weighted by molar-refractivity contribution is 0.0419. The minimum atomic E-state index is -0.385. The molecule has 1 fully saturated rings. The summed E-state index contributed by atoms with van der Waals surface area (Å²) in [5, 5.41) is 57.0. The summed E-state index contributed by atoms with van der Waals surface area (Å²) >= 11 is 0. The zero-order valence-corrected chi connectivity index (χ0v) is 56.2. The largest absolute Gasteiger partial charge is 0.392 e. The van der Waals surface area contributed by atoms with Crippen LogP contribution in [0.3, 0.4) is 0 Å². The second kappa shape index (κ2) is 60.9. The lowest BCUT2D eigenvalue weighted by Crippen LogP contribution is -2.51. The molecule has 1 saturated heterocycles. The molecular formula is C72H149N5O5. The Labute approximate surface area is 512 Å². The topological polar surface area (TPSA) is 117 Å². The molecule has 0 radical (unpaired) electrons. The third-order valence-corrected chi connectivity index (χ3v) is 18.5. The standard InChI is InChI=1S/C72H149N5O5/c1-6-11-16-21-26-31-32-37-42-47-50-70(80)65-76(64-69(79)49-44-39-34-28-23-18-13-8-3)61-58-74-55-53-73(54-56-74)57-59-75(63-68(78)48-43-38-33-27-22-17-12-7-2)60-62-77(66-71(81)51-45-40-35-29-24-19-14-9-4)67-72(82)52-46-41-36-30-25-20-15-10-5/h68-72,78-82H,6-67H2,1-5H3. The van der Waals surface area contributed by atoms with E-state index in [0.29, 0.717) is 32.7 Å². The second-order valence-electron chi connectivity index (χ2n) is 26.8. The van der Waals surface area contributed by atoms with Crippen LogP contribution in [-0.2, 0) is 0 Å². The van der Waals surface area contributed by atoms with E-state index in [9.17, 15) is 25.5 Å². The Kier molecular flexibility index (Phi) is 59.1. The molecule has 0 aromatic rings. The number of rotatable bonds is 66. The highest BCUT2D eigenvalue weighted by Gasteiger charge is 2.23. The van der Waals surface area contributed by atoms with Crippen LogP contribution < -0.4 is 0 Å². The monoisotopic (exact) mass is 1160 g/mol. The van der Waals surface area contributed by atoms with Gasteiger partial charge in [0.1, 0.15) is 0 Å². The van der Waals surface area contributed by atoms with Crippen molar-refractivity contribution in [3.8, 4) is 0 Å². The summed E-state index contributed by atoms with van der Waals surface area (Å²) in [6, 6.07) is 0. The normalized spacial score (nSPS) is 15.6. The van der Waals surface area contributed by atoms with Gasteiger partial charge < -0.3 is 25.5 Å². The van der Waals surface area contributed by atoms with Gasteiger partial charge in [0.25, 0.3) is 0 Å². The predicted molar refractivity (Wildman–Crippen MR) is 358 cm³/mol. The van der Waals surface area contributed by atoms with Gasteiger partial charge in [0.15, 0.2) is 0 Å². The molecule has 10 heteroatoms. The van der Waals surface area contributed by atoms with Gasteiger partial charge in [-0.3, -0.25) is 24.5 Å². The summed E-state index contributed by atoms with van der Waals surface area (Å²) in [5.41, 5.74) is 0. The summed E-state index contributed by atoms with van der Waals surface area (Å²) in [7, 11) is 0. The fourth-order valence-corrected chi connectivity index (χ4v) is 12.8. The Morgan fingerprint density at radius 1 is 0.232 bits per heavy atom. The summed E-state index contributed by atoms with van der Waals surface area (Å²) in [6.45, 7) is 24.0. The van der Waals surface area contributed by atoms with E-state index in [2.05, 4.69) is 59.1 Å². The van der Waals surface area contributed by atoms with Crippen LogP contribution in [0.5, 0.6) is 0 Å². The van der Waals surface area contributed by atoms with Gasteiger partial charge in [-0.05, 0) is 32.1 Å². The zero-order chi connectivity index (χ0) is 59.6. The van der Waals surface area contributed by atoms with Crippen LogP contribution in [0.15, 0.2) is 0 Å². The molecule has 1 rings (SSSR count).